The topological polar surface area (TPSA) is 104 Å². The standard InChI is InChI=1S/C21H19F6N7O/c1-12-4-5-28-18(8-12)32-17-3-2-16(33-34-17)29-6-7-30-19(35)31-15-10-13(20(22,23)24)9-14(11-15)21(25,26)27/h2-5,8-11H,6-7H2,1H3,(H,29,33)(H,28,32,34)(H2,30,31,35). The van der Waals surface area contributed by atoms with Gasteiger partial charge in [0.2, 0.25) is 0 Å². The molecule has 4 N–H and O–H groups in total. The number of rotatable bonds is 7. The van der Waals surface area contributed by atoms with Crippen LogP contribution in [0.4, 0.5) is 54.3 Å². The van der Waals surface area contributed by atoms with E-state index in [2.05, 4.69) is 31.1 Å². The maximum atomic E-state index is 12.9. The summed E-state index contributed by atoms with van der Waals surface area (Å²) in [5.41, 5.74) is -2.69. The number of hydrogen-bond donors (Lipinski definition) is 4. The van der Waals surface area contributed by atoms with Gasteiger partial charge in [-0.25, -0.2) is 9.78 Å². The summed E-state index contributed by atoms with van der Waals surface area (Å²) < 4.78 is 77.5. The number of nitrogens with one attached hydrogen (secondary N) is 4. The van der Waals surface area contributed by atoms with E-state index in [9.17, 15) is 31.1 Å². The van der Waals surface area contributed by atoms with Crippen LogP contribution in [0.2, 0.25) is 0 Å². The molecule has 0 unspecified atom stereocenters. The molecule has 0 saturated heterocycles. The Bertz CT molecular complexity index is 1130. The first kappa shape index (κ1) is 25.5. The molecular formula is C21H19F6N7O. The monoisotopic (exact) mass is 499 g/mol. The lowest BCUT2D eigenvalue weighted by Crippen LogP contribution is -2.33. The highest BCUT2D eigenvalue weighted by Gasteiger charge is 2.37. The normalized spacial score (nSPS) is 11.6. The van der Waals surface area contributed by atoms with Crippen molar-refractivity contribution in [2.24, 2.45) is 0 Å². The van der Waals surface area contributed by atoms with Crippen molar-refractivity contribution < 1.29 is 31.1 Å². The number of anilines is 4. The molecule has 0 aliphatic rings. The van der Waals surface area contributed by atoms with Gasteiger partial charge in [0.25, 0.3) is 0 Å². The van der Waals surface area contributed by atoms with Crippen LogP contribution in [0.5, 0.6) is 0 Å². The van der Waals surface area contributed by atoms with Gasteiger partial charge in [-0.1, -0.05) is 0 Å². The second kappa shape index (κ2) is 10.4. The van der Waals surface area contributed by atoms with Crippen molar-refractivity contribution in [1.29, 1.82) is 0 Å². The fourth-order valence-corrected chi connectivity index (χ4v) is 2.80. The second-order valence-electron chi connectivity index (χ2n) is 7.25. The fraction of sp³-hybridized carbons (Fsp3) is 0.238. The average molecular weight is 499 g/mol. The van der Waals surface area contributed by atoms with Gasteiger partial charge >= 0.3 is 18.4 Å². The average Bonchev–Trinajstić information content (AvgIpc) is 2.76. The minimum atomic E-state index is -5.01. The molecule has 0 radical (unpaired) electrons. The van der Waals surface area contributed by atoms with Gasteiger partial charge in [0.1, 0.15) is 11.6 Å². The Labute approximate surface area is 195 Å². The van der Waals surface area contributed by atoms with Gasteiger partial charge in [-0.2, -0.15) is 26.3 Å². The van der Waals surface area contributed by atoms with Crippen LogP contribution >= 0.6 is 0 Å². The zero-order valence-electron chi connectivity index (χ0n) is 18.1. The largest absolute Gasteiger partial charge is 0.416 e. The van der Waals surface area contributed by atoms with Crippen molar-refractivity contribution in [1.82, 2.24) is 20.5 Å². The van der Waals surface area contributed by atoms with Crippen LogP contribution in [0.3, 0.4) is 0 Å². The Balaban J connectivity index is 1.49. The van der Waals surface area contributed by atoms with Gasteiger partial charge in [0.05, 0.1) is 11.1 Å². The van der Waals surface area contributed by atoms with Crippen LogP contribution in [0.1, 0.15) is 16.7 Å². The zero-order valence-corrected chi connectivity index (χ0v) is 18.1. The van der Waals surface area contributed by atoms with Crippen LogP contribution in [0.25, 0.3) is 0 Å². The fourth-order valence-electron chi connectivity index (χ4n) is 2.80. The molecule has 0 bridgehead atoms. The van der Waals surface area contributed by atoms with Crippen LogP contribution in [0.15, 0.2) is 48.7 Å². The van der Waals surface area contributed by atoms with E-state index in [1.54, 1.807) is 18.3 Å². The third-order valence-electron chi connectivity index (χ3n) is 4.40. The summed E-state index contributed by atoms with van der Waals surface area (Å²) >= 11 is 0. The summed E-state index contributed by atoms with van der Waals surface area (Å²) in [6.07, 6.45) is -8.38. The Hall–Kier alpha value is -4.10. The second-order valence-corrected chi connectivity index (χ2v) is 7.25. The number of aromatic nitrogens is 3. The minimum absolute atomic E-state index is 0.00812. The summed E-state index contributed by atoms with van der Waals surface area (Å²) in [6.45, 7) is 2.07. The number of benzene rings is 1. The van der Waals surface area contributed by atoms with E-state index >= 15 is 0 Å². The number of halogens is 6. The molecule has 0 atom stereocenters. The molecule has 2 aromatic heterocycles. The van der Waals surface area contributed by atoms with E-state index in [4.69, 9.17) is 0 Å². The molecule has 0 spiro atoms. The van der Waals surface area contributed by atoms with Gasteiger partial charge in [0, 0.05) is 25.0 Å². The molecular weight excluding hydrogens is 480 g/mol. The lowest BCUT2D eigenvalue weighted by Gasteiger charge is -2.15. The van der Waals surface area contributed by atoms with E-state index in [-0.39, 0.29) is 19.2 Å². The number of carbonyl (C=O) groups excluding carboxylic acids is 1. The lowest BCUT2D eigenvalue weighted by molar-refractivity contribution is -0.143. The van der Waals surface area contributed by atoms with E-state index in [0.717, 1.165) is 5.56 Å². The molecule has 0 aliphatic carbocycles. The number of alkyl halides is 6. The highest BCUT2D eigenvalue weighted by atomic mass is 19.4. The van der Waals surface area contributed by atoms with Gasteiger partial charge < -0.3 is 21.3 Å². The van der Waals surface area contributed by atoms with Crippen LogP contribution in [0, 0.1) is 6.92 Å². The van der Waals surface area contributed by atoms with E-state index in [0.29, 0.717) is 29.6 Å². The molecule has 0 fully saturated rings. The summed E-state index contributed by atoms with van der Waals surface area (Å²) in [6, 6.07) is 6.78. The summed E-state index contributed by atoms with van der Waals surface area (Å²) in [4.78, 5) is 16.1. The molecule has 8 nitrogen and oxygen atoms in total. The van der Waals surface area contributed by atoms with Crippen molar-refractivity contribution in [3.05, 3.63) is 65.4 Å². The van der Waals surface area contributed by atoms with Crippen molar-refractivity contribution in [2.75, 3.05) is 29.0 Å². The van der Waals surface area contributed by atoms with E-state index < -0.39 is 35.2 Å². The zero-order chi connectivity index (χ0) is 25.6. The maximum absolute atomic E-state index is 12.9. The molecule has 0 aliphatic heterocycles. The van der Waals surface area contributed by atoms with Crippen LogP contribution in [-0.4, -0.2) is 34.3 Å². The number of nitrogens with zero attached hydrogens (tertiary/aromatic N) is 3. The highest BCUT2D eigenvalue weighted by molar-refractivity contribution is 5.89. The quantitative estimate of drug-likeness (QED) is 0.263. The number of carbonyl (C=O) groups is 1. The molecule has 14 heteroatoms. The Kier molecular flexibility index (Phi) is 7.62. The van der Waals surface area contributed by atoms with Crippen molar-refractivity contribution in [3.63, 3.8) is 0 Å². The van der Waals surface area contributed by atoms with Crippen molar-refractivity contribution in [2.45, 2.75) is 19.3 Å². The predicted molar refractivity (Wildman–Crippen MR) is 116 cm³/mol. The van der Waals surface area contributed by atoms with Crippen molar-refractivity contribution >= 4 is 29.2 Å². The summed E-state index contributed by atoms with van der Waals surface area (Å²) in [7, 11) is 0. The third-order valence-corrected chi connectivity index (χ3v) is 4.40. The van der Waals surface area contributed by atoms with Gasteiger partial charge in [0.15, 0.2) is 5.82 Å². The first-order valence-electron chi connectivity index (χ1n) is 10.0. The molecule has 3 aromatic rings. The van der Waals surface area contributed by atoms with E-state index in [1.165, 1.54) is 0 Å². The van der Waals surface area contributed by atoms with Gasteiger partial charge in [-0.15, -0.1) is 10.2 Å². The highest BCUT2D eigenvalue weighted by Crippen LogP contribution is 2.37. The first-order chi connectivity index (χ1) is 16.4. The minimum Gasteiger partial charge on any atom is -0.367 e. The van der Waals surface area contributed by atoms with Gasteiger partial charge in [-0.05, 0) is 55.0 Å². The molecule has 2 heterocycles. The van der Waals surface area contributed by atoms with Crippen molar-refractivity contribution in [3.8, 4) is 0 Å². The summed E-state index contributed by atoms with van der Waals surface area (Å²) in [5, 5.41) is 18.1. The molecule has 35 heavy (non-hydrogen) atoms. The molecule has 3 rings (SSSR count). The smallest absolute Gasteiger partial charge is 0.367 e. The van der Waals surface area contributed by atoms with Crippen LogP contribution in [-0.2, 0) is 12.4 Å². The first-order valence-corrected chi connectivity index (χ1v) is 10.0. The lowest BCUT2D eigenvalue weighted by atomic mass is 10.1. The summed E-state index contributed by atoms with van der Waals surface area (Å²) in [5.74, 6) is 1.42. The SMILES string of the molecule is Cc1ccnc(Nc2ccc(NCCNC(=O)Nc3cc(C(F)(F)F)cc(C(F)(F)F)c3)nn2)c1. The molecule has 1 aromatic carbocycles. The number of aryl methyl sites for hydroxylation is 1. The Morgan fingerprint density at radius 2 is 1.46 bits per heavy atom. The number of pyridine rings is 1. The molecule has 186 valence electrons. The van der Waals surface area contributed by atoms with Crippen LogP contribution < -0.4 is 21.3 Å². The third kappa shape index (κ3) is 7.72. The Morgan fingerprint density at radius 1 is 0.829 bits per heavy atom. The maximum Gasteiger partial charge on any atom is 0.416 e. The Morgan fingerprint density at radius 3 is 2.03 bits per heavy atom. The van der Waals surface area contributed by atoms with Gasteiger partial charge in [-0.3, -0.25) is 0 Å². The number of hydrogen-bond acceptors (Lipinski definition) is 6. The predicted octanol–water partition coefficient (Wildman–Crippen LogP) is 5.19. The molecule has 2 amide bonds. The van der Waals surface area contributed by atoms with E-state index in [1.807, 2.05) is 24.4 Å². The molecule has 0 saturated carbocycles. The number of urea groups is 1. The number of amides is 2.